The number of aromatic nitrogens is 1. The Morgan fingerprint density at radius 1 is 1.00 bits per heavy atom. The van der Waals surface area contributed by atoms with Gasteiger partial charge in [0.15, 0.2) is 0 Å². The second-order valence-corrected chi connectivity index (χ2v) is 7.22. The lowest BCUT2D eigenvalue weighted by molar-refractivity contribution is -0.136. The van der Waals surface area contributed by atoms with Gasteiger partial charge in [0.1, 0.15) is 0 Å². The molecule has 0 radical (unpaired) electrons. The van der Waals surface area contributed by atoms with Crippen LogP contribution < -0.4 is 0 Å². The minimum absolute atomic E-state index is 0.360. The molecule has 1 aliphatic heterocycles. The van der Waals surface area contributed by atoms with E-state index in [1.165, 1.54) is 17.7 Å². The highest BCUT2D eigenvalue weighted by Crippen LogP contribution is 2.39. The summed E-state index contributed by atoms with van der Waals surface area (Å²) in [5.41, 5.74) is 3.21. The van der Waals surface area contributed by atoms with Crippen molar-refractivity contribution >= 4 is 10.9 Å². The molecular weight excluding hydrogens is 349 g/mol. The van der Waals surface area contributed by atoms with E-state index in [4.69, 9.17) is 0 Å². The van der Waals surface area contributed by atoms with E-state index >= 15 is 0 Å². The van der Waals surface area contributed by atoms with E-state index in [2.05, 4.69) is 17.0 Å². The van der Waals surface area contributed by atoms with E-state index < -0.39 is 11.7 Å². The topological polar surface area (TPSA) is 8.17 Å². The highest BCUT2D eigenvalue weighted by atomic mass is 19.4. The fourth-order valence-corrected chi connectivity index (χ4v) is 4.24. The Morgan fingerprint density at radius 3 is 2.48 bits per heavy atom. The van der Waals surface area contributed by atoms with Gasteiger partial charge >= 0.3 is 6.18 Å². The Balaban J connectivity index is 1.78. The first-order chi connectivity index (χ1) is 13.0. The zero-order valence-corrected chi connectivity index (χ0v) is 15.4. The summed E-state index contributed by atoms with van der Waals surface area (Å²) in [4.78, 5) is 2.33. The summed E-state index contributed by atoms with van der Waals surface area (Å²) in [6.07, 6.45) is -2.74. The third kappa shape index (κ3) is 3.36. The van der Waals surface area contributed by atoms with Crippen LogP contribution in [0.25, 0.3) is 10.9 Å². The molecule has 0 saturated heterocycles. The lowest BCUT2D eigenvalue weighted by Gasteiger charge is -2.28. The normalized spacial score (nSPS) is 15.3. The van der Waals surface area contributed by atoms with E-state index in [0.29, 0.717) is 18.6 Å². The predicted octanol–water partition coefficient (Wildman–Crippen LogP) is 5.63. The third-order valence-corrected chi connectivity index (χ3v) is 5.35. The van der Waals surface area contributed by atoms with Gasteiger partial charge in [0.2, 0.25) is 0 Å². The average molecular weight is 372 g/mol. The Morgan fingerprint density at radius 2 is 1.78 bits per heavy atom. The standard InChI is InChI=1S/C22H23F3N2/c1-2-12-27-20-11-13-26(14-16-7-4-3-5-8-16)15-18(20)17-9-6-10-19(21(17)27)22(23,24)25/h3-10H,2,11-15H2,1H3. The van der Waals surface area contributed by atoms with Crippen molar-refractivity contribution in [2.24, 2.45) is 0 Å². The molecule has 142 valence electrons. The molecule has 2 heterocycles. The molecule has 0 aliphatic carbocycles. The average Bonchev–Trinajstić information content (AvgIpc) is 2.96. The lowest BCUT2D eigenvalue weighted by Crippen LogP contribution is -2.30. The predicted molar refractivity (Wildman–Crippen MR) is 101 cm³/mol. The van der Waals surface area contributed by atoms with Gasteiger partial charge in [-0.3, -0.25) is 4.90 Å². The first-order valence-corrected chi connectivity index (χ1v) is 9.45. The first-order valence-electron chi connectivity index (χ1n) is 9.45. The zero-order valence-electron chi connectivity index (χ0n) is 15.4. The molecule has 0 fully saturated rings. The number of fused-ring (bicyclic) bond motifs is 3. The van der Waals surface area contributed by atoms with Crippen LogP contribution in [0.5, 0.6) is 0 Å². The summed E-state index contributed by atoms with van der Waals surface area (Å²) in [7, 11) is 0. The second kappa shape index (κ2) is 7.04. The number of halogens is 3. The summed E-state index contributed by atoms with van der Waals surface area (Å²) in [5, 5.41) is 0.756. The molecule has 0 N–H and O–H groups in total. The number of nitrogens with zero attached hydrogens (tertiary/aromatic N) is 2. The van der Waals surface area contributed by atoms with Crippen LogP contribution in [0, 0.1) is 0 Å². The maximum atomic E-state index is 13.6. The smallest absolute Gasteiger partial charge is 0.344 e. The van der Waals surface area contributed by atoms with Crippen molar-refractivity contribution in [1.29, 1.82) is 0 Å². The van der Waals surface area contributed by atoms with Gasteiger partial charge in [0.05, 0.1) is 11.1 Å². The van der Waals surface area contributed by atoms with Crippen molar-refractivity contribution in [3.05, 3.63) is 70.9 Å². The van der Waals surface area contributed by atoms with Crippen LogP contribution in [-0.2, 0) is 32.2 Å². The third-order valence-electron chi connectivity index (χ3n) is 5.35. The quantitative estimate of drug-likeness (QED) is 0.576. The molecule has 0 atom stereocenters. The van der Waals surface area contributed by atoms with E-state index in [-0.39, 0.29) is 0 Å². The molecule has 0 amide bonds. The summed E-state index contributed by atoms with van der Waals surface area (Å²) >= 11 is 0. The minimum Gasteiger partial charge on any atom is -0.344 e. The Kier molecular flexibility index (Phi) is 4.72. The van der Waals surface area contributed by atoms with Crippen molar-refractivity contribution in [1.82, 2.24) is 9.47 Å². The highest BCUT2D eigenvalue weighted by Gasteiger charge is 2.36. The molecule has 0 bridgehead atoms. The number of hydrogen-bond acceptors (Lipinski definition) is 1. The molecule has 0 spiro atoms. The van der Waals surface area contributed by atoms with Crippen LogP contribution in [0.2, 0.25) is 0 Å². The number of para-hydroxylation sites is 1. The first kappa shape index (κ1) is 18.1. The fraction of sp³-hybridized carbons (Fsp3) is 0.364. The Hall–Kier alpha value is -2.27. The largest absolute Gasteiger partial charge is 0.418 e. The van der Waals surface area contributed by atoms with Crippen LogP contribution >= 0.6 is 0 Å². The van der Waals surface area contributed by atoms with Crippen LogP contribution in [-0.4, -0.2) is 16.0 Å². The molecule has 0 saturated carbocycles. The Labute approximate surface area is 157 Å². The molecule has 4 rings (SSSR count). The van der Waals surface area contributed by atoms with Crippen molar-refractivity contribution in [2.45, 2.75) is 45.6 Å². The molecule has 2 aromatic carbocycles. The number of hydrogen-bond donors (Lipinski definition) is 0. The van der Waals surface area contributed by atoms with E-state index in [0.717, 1.165) is 42.6 Å². The van der Waals surface area contributed by atoms with Crippen molar-refractivity contribution in [2.75, 3.05) is 6.54 Å². The van der Waals surface area contributed by atoms with Crippen LogP contribution in [0.1, 0.15) is 35.7 Å². The number of aryl methyl sites for hydroxylation is 1. The summed E-state index contributed by atoms with van der Waals surface area (Å²) in [6, 6.07) is 14.8. The van der Waals surface area contributed by atoms with Gasteiger partial charge in [-0.1, -0.05) is 49.4 Å². The van der Waals surface area contributed by atoms with Gasteiger partial charge < -0.3 is 4.57 Å². The molecule has 2 nitrogen and oxygen atoms in total. The monoisotopic (exact) mass is 372 g/mol. The van der Waals surface area contributed by atoms with Gasteiger partial charge in [-0.15, -0.1) is 0 Å². The number of benzene rings is 2. The number of alkyl halides is 3. The highest BCUT2D eigenvalue weighted by molar-refractivity contribution is 5.89. The maximum Gasteiger partial charge on any atom is 0.418 e. The Bertz CT molecular complexity index is 942. The van der Waals surface area contributed by atoms with Gasteiger partial charge in [0.25, 0.3) is 0 Å². The van der Waals surface area contributed by atoms with Crippen molar-refractivity contribution in [3.63, 3.8) is 0 Å². The van der Waals surface area contributed by atoms with Gasteiger partial charge in [0, 0.05) is 43.7 Å². The lowest BCUT2D eigenvalue weighted by atomic mass is 10.0. The van der Waals surface area contributed by atoms with Crippen LogP contribution in [0.4, 0.5) is 13.2 Å². The van der Waals surface area contributed by atoms with Crippen molar-refractivity contribution < 1.29 is 13.2 Å². The molecule has 1 aliphatic rings. The second-order valence-electron chi connectivity index (χ2n) is 7.22. The van der Waals surface area contributed by atoms with Crippen LogP contribution in [0.3, 0.4) is 0 Å². The van der Waals surface area contributed by atoms with E-state index in [9.17, 15) is 13.2 Å². The minimum atomic E-state index is -4.34. The van der Waals surface area contributed by atoms with E-state index in [1.54, 1.807) is 0 Å². The SMILES string of the molecule is CCCn1c2c(c3cccc(C(F)(F)F)c31)CN(Cc1ccccc1)CC2. The molecule has 3 aromatic rings. The van der Waals surface area contributed by atoms with Crippen molar-refractivity contribution in [3.8, 4) is 0 Å². The molecular formula is C22H23F3N2. The van der Waals surface area contributed by atoms with E-state index in [1.807, 2.05) is 35.8 Å². The molecule has 5 heteroatoms. The summed E-state index contributed by atoms with van der Waals surface area (Å²) in [6.45, 7) is 5.01. The summed E-state index contributed by atoms with van der Waals surface area (Å²) in [5.74, 6) is 0. The van der Waals surface area contributed by atoms with Crippen LogP contribution in [0.15, 0.2) is 48.5 Å². The number of rotatable bonds is 4. The molecule has 0 unspecified atom stereocenters. The van der Waals surface area contributed by atoms with Gasteiger partial charge in [-0.2, -0.15) is 13.2 Å². The maximum absolute atomic E-state index is 13.6. The fourth-order valence-electron chi connectivity index (χ4n) is 4.24. The van der Waals surface area contributed by atoms with Gasteiger partial charge in [-0.25, -0.2) is 0 Å². The zero-order chi connectivity index (χ0) is 19.0. The summed E-state index contributed by atoms with van der Waals surface area (Å²) < 4.78 is 42.9. The molecule has 27 heavy (non-hydrogen) atoms. The molecule has 1 aromatic heterocycles. The van der Waals surface area contributed by atoms with Gasteiger partial charge in [-0.05, 0) is 23.6 Å².